The third kappa shape index (κ3) is 4.17. The van der Waals surface area contributed by atoms with E-state index in [1.807, 2.05) is 29.2 Å². The van der Waals surface area contributed by atoms with E-state index in [2.05, 4.69) is 31.4 Å². The van der Waals surface area contributed by atoms with E-state index < -0.39 is 0 Å². The van der Waals surface area contributed by atoms with Crippen molar-refractivity contribution in [2.45, 2.75) is 38.3 Å². The summed E-state index contributed by atoms with van der Waals surface area (Å²) in [6.07, 6.45) is 2.45. The van der Waals surface area contributed by atoms with Crippen LogP contribution in [0.3, 0.4) is 0 Å². The summed E-state index contributed by atoms with van der Waals surface area (Å²) in [5.74, 6) is 1.91. The molecule has 2 aromatic rings. The number of nitrogens with one attached hydrogen (secondary N) is 1. The molecule has 8 heteroatoms. The molecule has 1 aliphatic carbocycles. The molecule has 4 atom stereocenters. The first-order valence-corrected chi connectivity index (χ1v) is 10.9. The highest BCUT2D eigenvalue weighted by Gasteiger charge is 2.44. The summed E-state index contributed by atoms with van der Waals surface area (Å²) in [6.45, 7) is 3.39. The number of carbonyl (C=O) groups excluding carboxylic acids is 1. The van der Waals surface area contributed by atoms with E-state index in [0.717, 1.165) is 46.1 Å². The van der Waals surface area contributed by atoms with Gasteiger partial charge in [0.05, 0.1) is 11.0 Å². The first-order valence-electron chi connectivity index (χ1n) is 9.31. The van der Waals surface area contributed by atoms with Gasteiger partial charge in [-0.2, -0.15) is 0 Å². The van der Waals surface area contributed by atoms with E-state index in [0.29, 0.717) is 24.3 Å². The van der Waals surface area contributed by atoms with Crippen molar-refractivity contribution in [3.63, 3.8) is 0 Å². The van der Waals surface area contributed by atoms with Crippen molar-refractivity contribution in [2.75, 3.05) is 18.4 Å². The van der Waals surface area contributed by atoms with Crippen molar-refractivity contribution in [1.29, 1.82) is 0 Å². The van der Waals surface area contributed by atoms with Crippen molar-refractivity contribution in [3.8, 4) is 0 Å². The fourth-order valence-corrected chi connectivity index (χ4v) is 5.55. The van der Waals surface area contributed by atoms with Crippen LogP contribution in [0, 0.1) is 11.8 Å². The Labute approximate surface area is 171 Å². The van der Waals surface area contributed by atoms with Gasteiger partial charge in [0.2, 0.25) is 0 Å². The first-order chi connectivity index (χ1) is 13.0. The van der Waals surface area contributed by atoms with Crippen molar-refractivity contribution in [2.24, 2.45) is 11.8 Å². The predicted octanol–water partition coefficient (Wildman–Crippen LogP) is 3.19. The number of halogens is 1. The molecule has 27 heavy (non-hydrogen) atoms. The highest BCUT2D eigenvalue weighted by molar-refractivity contribution is 9.10. The van der Waals surface area contributed by atoms with Crippen LogP contribution in [0.15, 0.2) is 28.9 Å². The fraction of sp³-hybridized carbons (Fsp3) is 0.526. The summed E-state index contributed by atoms with van der Waals surface area (Å²) < 4.78 is 0.723. The lowest BCUT2D eigenvalue weighted by atomic mass is 9.98. The summed E-state index contributed by atoms with van der Waals surface area (Å²) in [6, 6.07) is 7.99. The molecule has 6 nitrogen and oxygen atoms in total. The topological polar surface area (TPSA) is 78.4 Å². The number of hydrogen-bond acceptors (Lipinski definition) is 6. The van der Waals surface area contributed by atoms with Crippen molar-refractivity contribution >= 4 is 39.0 Å². The number of carbonyl (C=O) groups is 1. The number of amides is 1. The highest BCUT2D eigenvalue weighted by Crippen LogP contribution is 2.40. The van der Waals surface area contributed by atoms with Crippen LogP contribution < -0.4 is 5.32 Å². The highest BCUT2D eigenvalue weighted by atomic mass is 79.9. The summed E-state index contributed by atoms with van der Waals surface area (Å²) in [7, 11) is 0. The number of thiophene rings is 1. The zero-order chi connectivity index (χ0) is 19.0. The molecule has 0 spiro atoms. The van der Waals surface area contributed by atoms with Crippen molar-refractivity contribution < 1.29 is 9.90 Å². The summed E-state index contributed by atoms with van der Waals surface area (Å²) in [5.41, 5.74) is 0. The molecule has 1 aliphatic heterocycles. The second-order valence-corrected chi connectivity index (χ2v) is 9.50. The van der Waals surface area contributed by atoms with Crippen molar-refractivity contribution in [1.82, 2.24) is 15.1 Å². The maximum absolute atomic E-state index is 12.9. The van der Waals surface area contributed by atoms with E-state index in [1.165, 1.54) is 11.3 Å². The second-order valence-electron chi connectivity index (χ2n) is 7.52. The number of aliphatic hydroxyl groups excluding tert-OH is 1. The van der Waals surface area contributed by atoms with Crippen LogP contribution in [0.1, 0.15) is 34.3 Å². The molecule has 144 valence electrons. The molecule has 2 N–H and O–H groups in total. The van der Waals surface area contributed by atoms with Gasteiger partial charge in [0, 0.05) is 36.3 Å². The first kappa shape index (κ1) is 18.8. The Balaban J connectivity index is 1.39. The monoisotopic (exact) mass is 450 g/mol. The lowest BCUT2D eigenvalue weighted by Gasteiger charge is -2.21. The zero-order valence-electron chi connectivity index (χ0n) is 15.1. The Morgan fingerprint density at radius 3 is 2.93 bits per heavy atom. The standard InChI is InChI=1S/C19H23BrN4O2S/c1-11(25)8-13-3-5-16(27-13)19(26)24-9-12-2-4-15(14(12)10-24)21-18-7-6-17(20)22-23-18/h3,5-7,11-12,14-15,25H,2,4,8-10H2,1H3,(H,21,23)/t11?,12-,14+,15+/m0/s1. The van der Waals surface area contributed by atoms with Gasteiger partial charge >= 0.3 is 0 Å². The third-order valence-electron chi connectivity index (χ3n) is 5.48. The lowest BCUT2D eigenvalue weighted by molar-refractivity contribution is 0.0784. The predicted molar refractivity (Wildman–Crippen MR) is 109 cm³/mol. The fourth-order valence-electron chi connectivity index (χ4n) is 4.24. The number of nitrogens with zero attached hydrogens (tertiary/aromatic N) is 3. The molecule has 1 saturated heterocycles. The van der Waals surface area contributed by atoms with Crippen LogP contribution in [-0.2, 0) is 6.42 Å². The molecule has 2 aliphatic rings. The quantitative estimate of drug-likeness (QED) is 0.730. The number of hydrogen-bond donors (Lipinski definition) is 2. The SMILES string of the molecule is CC(O)Cc1ccc(C(=O)N2C[C@@H]3CC[C@@H](Nc4ccc(Br)nn4)[C@@H]3C2)s1. The van der Waals surface area contributed by atoms with Gasteiger partial charge in [-0.25, -0.2) is 0 Å². The summed E-state index contributed by atoms with van der Waals surface area (Å²) in [5, 5.41) is 21.3. The number of anilines is 1. The lowest BCUT2D eigenvalue weighted by Crippen LogP contribution is -2.33. The summed E-state index contributed by atoms with van der Waals surface area (Å²) in [4.78, 5) is 16.7. The Morgan fingerprint density at radius 2 is 2.19 bits per heavy atom. The average molecular weight is 451 g/mol. The van der Waals surface area contributed by atoms with E-state index in [1.54, 1.807) is 6.92 Å². The molecule has 4 rings (SSSR count). The third-order valence-corrected chi connectivity index (χ3v) is 7.00. The number of aliphatic hydroxyl groups is 1. The Hall–Kier alpha value is -1.51. The van der Waals surface area contributed by atoms with Gasteiger partial charge in [-0.3, -0.25) is 4.79 Å². The smallest absolute Gasteiger partial charge is 0.263 e. The largest absolute Gasteiger partial charge is 0.393 e. The van der Waals surface area contributed by atoms with Gasteiger partial charge < -0.3 is 15.3 Å². The molecule has 0 aromatic carbocycles. The average Bonchev–Trinajstić information content (AvgIpc) is 3.33. The van der Waals surface area contributed by atoms with Gasteiger partial charge in [-0.05, 0) is 65.9 Å². The molecular formula is C19H23BrN4O2S. The minimum Gasteiger partial charge on any atom is -0.393 e. The molecule has 2 aromatic heterocycles. The number of likely N-dealkylation sites (tertiary alicyclic amines) is 1. The molecule has 2 fully saturated rings. The Morgan fingerprint density at radius 1 is 1.33 bits per heavy atom. The van der Waals surface area contributed by atoms with Gasteiger partial charge in [-0.15, -0.1) is 21.5 Å². The van der Waals surface area contributed by atoms with E-state index >= 15 is 0 Å². The van der Waals surface area contributed by atoms with E-state index in [-0.39, 0.29) is 12.0 Å². The van der Waals surface area contributed by atoms with E-state index in [4.69, 9.17) is 0 Å². The van der Waals surface area contributed by atoms with Gasteiger partial charge in [0.15, 0.2) is 0 Å². The zero-order valence-corrected chi connectivity index (χ0v) is 17.5. The molecule has 1 unspecified atom stereocenters. The van der Waals surface area contributed by atoms with Crippen LogP contribution in [-0.4, -0.2) is 51.3 Å². The normalized spacial score (nSPS) is 25.4. The second kappa shape index (κ2) is 7.85. The Bertz CT molecular complexity index is 810. The Kier molecular flexibility index (Phi) is 5.48. The maximum Gasteiger partial charge on any atom is 0.263 e. The van der Waals surface area contributed by atoms with Crippen molar-refractivity contribution in [3.05, 3.63) is 38.6 Å². The minimum atomic E-state index is -0.383. The molecule has 1 saturated carbocycles. The molecular weight excluding hydrogens is 428 g/mol. The van der Waals surface area contributed by atoms with E-state index in [9.17, 15) is 9.90 Å². The van der Waals surface area contributed by atoms with Crippen LogP contribution in [0.25, 0.3) is 0 Å². The minimum absolute atomic E-state index is 0.119. The maximum atomic E-state index is 12.9. The van der Waals surface area contributed by atoms with Crippen LogP contribution >= 0.6 is 27.3 Å². The number of fused-ring (bicyclic) bond motifs is 1. The van der Waals surface area contributed by atoms with Crippen LogP contribution in [0.4, 0.5) is 5.82 Å². The summed E-state index contributed by atoms with van der Waals surface area (Å²) >= 11 is 4.80. The molecule has 3 heterocycles. The van der Waals surface area contributed by atoms with Gasteiger partial charge in [0.1, 0.15) is 10.4 Å². The van der Waals surface area contributed by atoms with Gasteiger partial charge in [0.25, 0.3) is 5.91 Å². The van der Waals surface area contributed by atoms with Gasteiger partial charge in [-0.1, -0.05) is 0 Å². The molecule has 0 bridgehead atoms. The molecule has 1 amide bonds. The van der Waals surface area contributed by atoms with Crippen LogP contribution in [0.5, 0.6) is 0 Å². The number of rotatable bonds is 5. The molecule has 0 radical (unpaired) electrons. The number of aromatic nitrogens is 2. The van der Waals surface area contributed by atoms with Crippen LogP contribution in [0.2, 0.25) is 0 Å².